The van der Waals surface area contributed by atoms with Crippen LogP contribution in [0.5, 0.6) is 5.75 Å². The first-order chi connectivity index (χ1) is 6.81. The molecule has 0 spiro atoms. The summed E-state index contributed by atoms with van der Waals surface area (Å²) in [5, 5.41) is 19.2. The molecule has 0 aliphatic rings. The Balaban J connectivity index is 2.59. The van der Waals surface area contributed by atoms with Crippen LogP contribution in [0.1, 0.15) is 18.9 Å². The molecule has 72 valence electrons. The maximum Gasteiger partial charge on any atom is 0.119 e. The molecule has 14 heavy (non-hydrogen) atoms. The van der Waals surface area contributed by atoms with Crippen LogP contribution in [-0.4, -0.2) is 15.3 Å². The standard InChI is InChI=1S/C11H12N2O/c1-2-3-8-4-9-6-12-13-7-10(9)5-11(8)14/h4-7,14H,2-3H2,1H3. The lowest BCUT2D eigenvalue weighted by Crippen LogP contribution is -1.87. The second kappa shape index (κ2) is 3.62. The lowest BCUT2D eigenvalue weighted by molar-refractivity contribution is 0.468. The maximum absolute atomic E-state index is 9.69. The SMILES string of the molecule is CCCc1cc2cnncc2cc1O. The minimum absolute atomic E-state index is 0.354. The number of aryl methyl sites for hydroxylation is 1. The summed E-state index contributed by atoms with van der Waals surface area (Å²) >= 11 is 0. The Morgan fingerprint density at radius 1 is 1.14 bits per heavy atom. The van der Waals surface area contributed by atoms with E-state index in [0.717, 1.165) is 29.2 Å². The highest BCUT2D eigenvalue weighted by Gasteiger charge is 2.02. The molecule has 0 radical (unpaired) electrons. The number of fused-ring (bicyclic) bond motifs is 1. The fraction of sp³-hybridized carbons (Fsp3) is 0.273. The highest BCUT2D eigenvalue weighted by atomic mass is 16.3. The normalized spacial score (nSPS) is 10.6. The summed E-state index contributed by atoms with van der Waals surface area (Å²) < 4.78 is 0. The van der Waals surface area contributed by atoms with Gasteiger partial charge in [-0.3, -0.25) is 0 Å². The number of nitrogens with zero attached hydrogens (tertiary/aromatic N) is 2. The number of aromatic hydroxyl groups is 1. The smallest absolute Gasteiger partial charge is 0.119 e. The van der Waals surface area contributed by atoms with E-state index in [2.05, 4.69) is 17.1 Å². The molecule has 3 heteroatoms. The van der Waals surface area contributed by atoms with Gasteiger partial charge in [0.25, 0.3) is 0 Å². The Hall–Kier alpha value is -1.64. The Morgan fingerprint density at radius 2 is 1.79 bits per heavy atom. The van der Waals surface area contributed by atoms with Crippen molar-refractivity contribution in [3.05, 3.63) is 30.1 Å². The van der Waals surface area contributed by atoms with Gasteiger partial charge < -0.3 is 5.11 Å². The average molecular weight is 188 g/mol. The van der Waals surface area contributed by atoms with Gasteiger partial charge in [0.05, 0.1) is 12.4 Å². The first-order valence-electron chi connectivity index (χ1n) is 4.73. The second-order valence-electron chi connectivity index (χ2n) is 3.35. The summed E-state index contributed by atoms with van der Waals surface area (Å²) in [6.07, 6.45) is 5.29. The summed E-state index contributed by atoms with van der Waals surface area (Å²) in [5.41, 5.74) is 0.980. The molecule has 0 unspecified atom stereocenters. The van der Waals surface area contributed by atoms with E-state index in [1.807, 2.05) is 6.07 Å². The van der Waals surface area contributed by atoms with Crippen LogP contribution in [0.15, 0.2) is 24.5 Å². The molecule has 0 fully saturated rings. The van der Waals surface area contributed by atoms with Gasteiger partial charge in [-0.1, -0.05) is 13.3 Å². The summed E-state index contributed by atoms with van der Waals surface area (Å²) in [7, 11) is 0. The monoisotopic (exact) mass is 188 g/mol. The molecule has 2 aromatic rings. The van der Waals surface area contributed by atoms with Crippen molar-refractivity contribution >= 4 is 10.8 Å². The summed E-state index contributed by atoms with van der Waals surface area (Å²) in [5.74, 6) is 0.354. The van der Waals surface area contributed by atoms with Gasteiger partial charge in [-0.05, 0) is 24.1 Å². The number of aromatic nitrogens is 2. The number of phenolic OH excluding ortho intramolecular Hbond substituents is 1. The third-order valence-corrected chi connectivity index (χ3v) is 2.26. The molecule has 3 nitrogen and oxygen atoms in total. The fourth-order valence-corrected chi connectivity index (χ4v) is 1.55. The zero-order valence-electron chi connectivity index (χ0n) is 8.07. The Kier molecular flexibility index (Phi) is 2.31. The number of phenols is 1. The molecule has 1 heterocycles. The average Bonchev–Trinajstić information content (AvgIpc) is 2.19. The zero-order valence-corrected chi connectivity index (χ0v) is 8.07. The van der Waals surface area contributed by atoms with Crippen LogP contribution in [0.25, 0.3) is 10.8 Å². The van der Waals surface area contributed by atoms with Crippen molar-refractivity contribution in [2.24, 2.45) is 0 Å². The summed E-state index contributed by atoms with van der Waals surface area (Å²) in [4.78, 5) is 0. The Morgan fingerprint density at radius 3 is 2.43 bits per heavy atom. The quantitative estimate of drug-likeness (QED) is 0.786. The lowest BCUT2D eigenvalue weighted by Gasteiger charge is -2.04. The van der Waals surface area contributed by atoms with E-state index >= 15 is 0 Å². The minimum Gasteiger partial charge on any atom is -0.508 e. The largest absolute Gasteiger partial charge is 0.508 e. The number of hydrogen-bond acceptors (Lipinski definition) is 3. The molecule has 0 atom stereocenters. The van der Waals surface area contributed by atoms with Crippen molar-refractivity contribution in [3.63, 3.8) is 0 Å². The summed E-state index contributed by atoms with van der Waals surface area (Å²) in [6.45, 7) is 2.09. The second-order valence-corrected chi connectivity index (χ2v) is 3.35. The molecule has 0 bridgehead atoms. The minimum atomic E-state index is 0.354. The fourth-order valence-electron chi connectivity index (χ4n) is 1.55. The van der Waals surface area contributed by atoms with Gasteiger partial charge in [-0.2, -0.15) is 10.2 Å². The van der Waals surface area contributed by atoms with Crippen molar-refractivity contribution in [2.75, 3.05) is 0 Å². The molecule has 0 aliphatic carbocycles. The highest BCUT2D eigenvalue weighted by Crippen LogP contribution is 2.24. The van der Waals surface area contributed by atoms with Crippen LogP contribution in [0.3, 0.4) is 0 Å². The molecule has 2 rings (SSSR count). The molecule has 1 aromatic heterocycles. The van der Waals surface area contributed by atoms with Gasteiger partial charge in [0.15, 0.2) is 0 Å². The molecule has 0 saturated heterocycles. The molecule has 1 aromatic carbocycles. The van der Waals surface area contributed by atoms with Crippen molar-refractivity contribution in [2.45, 2.75) is 19.8 Å². The van der Waals surface area contributed by atoms with Crippen LogP contribution >= 0.6 is 0 Å². The van der Waals surface area contributed by atoms with Gasteiger partial charge in [0.1, 0.15) is 5.75 Å². The van der Waals surface area contributed by atoms with Crippen LogP contribution in [0, 0.1) is 0 Å². The van der Waals surface area contributed by atoms with Crippen molar-refractivity contribution in [1.82, 2.24) is 10.2 Å². The van der Waals surface area contributed by atoms with Crippen molar-refractivity contribution < 1.29 is 5.11 Å². The maximum atomic E-state index is 9.69. The number of rotatable bonds is 2. The molecular weight excluding hydrogens is 176 g/mol. The van der Waals surface area contributed by atoms with Crippen LogP contribution < -0.4 is 0 Å². The van der Waals surface area contributed by atoms with Gasteiger partial charge in [-0.25, -0.2) is 0 Å². The highest BCUT2D eigenvalue weighted by molar-refractivity contribution is 5.83. The van der Waals surface area contributed by atoms with E-state index in [0.29, 0.717) is 5.75 Å². The van der Waals surface area contributed by atoms with Crippen LogP contribution in [0.2, 0.25) is 0 Å². The van der Waals surface area contributed by atoms with E-state index in [1.165, 1.54) is 0 Å². The van der Waals surface area contributed by atoms with Crippen molar-refractivity contribution in [3.8, 4) is 5.75 Å². The van der Waals surface area contributed by atoms with E-state index in [1.54, 1.807) is 18.5 Å². The first-order valence-corrected chi connectivity index (χ1v) is 4.73. The lowest BCUT2D eigenvalue weighted by atomic mass is 10.1. The van der Waals surface area contributed by atoms with Crippen LogP contribution in [0.4, 0.5) is 0 Å². The topological polar surface area (TPSA) is 46.0 Å². The molecule has 0 amide bonds. The van der Waals surface area contributed by atoms with E-state index in [9.17, 15) is 5.11 Å². The molecule has 0 saturated carbocycles. The van der Waals surface area contributed by atoms with E-state index in [-0.39, 0.29) is 0 Å². The van der Waals surface area contributed by atoms with E-state index < -0.39 is 0 Å². The van der Waals surface area contributed by atoms with Gasteiger partial charge in [0, 0.05) is 10.8 Å². The predicted molar refractivity (Wildman–Crippen MR) is 55.2 cm³/mol. The van der Waals surface area contributed by atoms with E-state index in [4.69, 9.17) is 0 Å². The molecule has 0 aliphatic heterocycles. The number of benzene rings is 1. The third kappa shape index (κ3) is 1.53. The van der Waals surface area contributed by atoms with Gasteiger partial charge in [0.2, 0.25) is 0 Å². The van der Waals surface area contributed by atoms with Crippen molar-refractivity contribution in [1.29, 1.82) is 0 Å². The number of hydrogen-bond donors (Lipinski definition) is 1. The first kappa shape index (κ1) is 8.94. The Labute approximate surface area is 82.4 Å². The van der Waals surface area contributed by atoms with Crippen LogP contribution in [-0.2, 0) is 6.42 Å². The molecular formula is C11H12N2O. The van der Waals surface area contributed by atoms with Gasteiger partial charge >= 0.3 is 0 Å². The Bertz CT molecular complexity index is 454. The predicted octanol–water partition coefficient (Wildman–Crippen LogP) is 2.29. The zero-order chi connectivity index (χ0) is 9.97. The molecule has 1 N–H and O–H groups in total. The third-order valence-electron chi connectivity index (χ3n) is 2.26. The summed E-state index contributed by atoms with van der Waals surface area (Å²) in [6, 6.07) is 3.72. The van der Waals surface area contributed by atoms with Gasteiger partial charge in [-0.15, -0.1) is 0 Å².